The Kier molecular flexibility index (Phi) is 15.5. The normalized spacial score (nSPS) is 11.0. The quantitative estimate of drug-likeness (QED) is 0.527. The van der Waals surface area contributed by atoms with E-state index in [1.807, 2.05) is 26.8 Å². The van der Waals surface area contributed by atoms with Gasteiger partial charge in [0.15, 0.2) is 0 Å². The fourth-order valence-electron chi connectivity index (χ4n) is 1.20. The number of hydrogen-bond donors (Lipinski definition) is 2. The van der Waals surface area contributed by atoms with Gasteiger partial charge in [-0.2, -0.15) is 0 Å². The molecule has 0 aromatic rings. The molecule has 2 N–H and O–H groups in total. The highest BCUT2D eigenvalue weighted by Crippen LogP contribution is 1.97. The van der Waals surface area contributed by atoms with Crippen molar-refractivity contribution in [3.05, 3.63) is 61.0 Å². The Morgan fingerprint density at radius 3 is 2.29 bits per heavy atom. The van der Waals surface area contributed by atoms with Crippen LogP contribution in [0.1, 0.15) is 33.6 Å². The highest BCUT2D eigenvalue weighted by molar-refractivity contribution is 5.78. The number of rotatable bonds is 7. The lowest BCUT2D eigenvalue weighted by Crippen LogP contribution is -2.33. The second kappa shape index (κ2) is 15.6. The first kappa shape index (κ1) is 20.8. The van der Waals surface area contributed by atoms with Crippen molar-refractivity contribution in [2.75, 3.05) is 0 Å². The van der Waals surface area contributed by atoms with E-state index in [1.54, 1.807) is 30.4 Å². The number of carbonyl (C=O) groups is 1. The molecular weight excluding hydrogens is 260 g/mol. The molecule has 0 aliphatic heterocycles. The SMILES string of the molecule is C#CC/C=C(\C=C)NC(=O)NC(/C=C\C=C)=C/CC.CC. The van der Waals surface area contributed by atoms with Crippen molar-refractivity contribution in [2.45, 2.75) is 33.6 Å². The summed E-state index contributed by atoms with van der Waals surface area (Å²) in [6, 6.07) is -0.336. The third-order valence-corrected chi connectivity index (χ3v) is 2.01. The first-order valence-corrected chi connectivity index (χ1v) is 7.01. The number of carbonyl (C=O) groups excluding carboxylic acids is 1. The first-order chi connectivity index (χ1) is 10.2. The topological polar surface area (TPSA) is 41.1 Å². The number of amides is 2. The summed E-state index contributed by atoms with van der Waals surface area (Å²) < 4.78 is 0. The molecule has 0 aliphatic rings. The molecule has 21 heavy (non-hydrogen) atoms. The Morgan fingerprint density at radius 2 is 1.81 bits per heavy atom. The average molecular weight is 286 g/mol. The van der Waals surface area contributed by atoms with Crippen LogP contribution in [-0.2, 0) is 0 Å². The van der Waals surface area contributed by atoms with Crippen molar-refractivity contribution in [1.82, 2.24) is 10.6 Å². The van der Waals surface area contributed by atoms with E-state index in [-0.39, 0.29) is 6.03 Å². The monoisotopic (exact) mass is 286 g/mol. The van der Waals surface area contributed by atoms with E-state index < -0.39 is 0 Å². The van der Waals surface area contributed by atoms with E-state index in [0.29, 0.717) is 17.8 Å². The highest BCUT2D eigenvalue weighted by Gasteiger charge is 2.02. The summed E-state index contributed by atoms with van der Waals surface area (Å²) in [7, 11) is 0. The maximum Gasteiger partial charge on any atom is 0.323 e. The standard InChI is InChI=1S/C16H20N2O.C2H6/c1-5-9-12-14(8-4)17-16(19)18-15(11-7-3)13-10-6-2;1-2/h1,6,8,10-13H,2,4,7,9H2,3H3,(H2,17,18,19);1-2H3/b13-10-,14-12+,15-11+;. The van der Waals surface area contributed by atoms with Gasteiger partial charge in [-0.1, -0.05) is 52.2 Å². The van der Waals surface area contributed by atoms with Crippen LogP contribution < -0.4 is 10.6 Å². The van der Waals surface area contributed by atoms with E-state index in [0.717, 1.165) is 6.42 Å². The molecule has 2 amide bonds. The molecule has 0 saturated heterocycles. The predicted molar refractivity (Wildman–Crippen MR) is 92.5 cm³/mol. The molecule has 0 rings (SSSR count). The van der Waals surface area contributed by atoms with Gasteiger partial charge in [0.1, 0.15) is 0 Å². The summed E-state index contributed by atoms with van der Waals surface area (Å²) in [5.41, 5.74) is 1.29. The first-order valence-electron chi connectivity index (χ1n) is 7.01. The molecule has 0 atom stereocenters. The molecular formula is C18H26N2O. The Balaban J connectivity index is 0. The van der Waals surface area contributed by atoms with Gasteiger partial charge in [-0.15, -0.1) is 12.3 Å². The van der Waals surface area contributed by atoms with Crippen LogP contribution in [-0.4, -0.2) is 6.03 Å². The van der Waals surface area contributed by atoms with Gasteiger partial charge in [0.2, 0.25) is 0 Å². The predicted octanol–water partition coefficient (Wildman–Crippen LogP) is 4.44. The molecule has 0 bridgehead atoms. The van der Waals surface area contributed by atoms with E-state index in [4.69, 9.17) is 6.42 Å². The van der Waals surface area contributed by atoms with Crippen LogP contribution in [0, 0.1) is 12.3 Å². The van der Waals surface area contributed by atoms with Crippen LogP contribution in [0.3, 0.4) is 0 Å². The lowest BCUT2D eigenvalue weighted by atomic mass is 10.3. The van der Waals surface area contributed by atoms with Gasteiger partial charge in [0, 0.05) is 17.8 Å². The molecule has 3 nitrogen and oxygen atoms in total. The van der Waals surface area contributed by atoms with Gasteiger partial charge < -0.3 is 10.6 Å². The maximum absolute atomic E-state index is 11.8. The van der Waals surface area contributed by atoms with Crippen LogP contribution in [0.4, 0.5) is 4.79 Å². The van der Waals surface area contributed by atoms with Crippen LogP contribution in [0.5, 0.6) is 0 Å². The van der Waals surface area contributed by atoms with E-state index in [2.05, 4.69) is 29.7 Å². The second-order valence-corrected chi connectivity index (χ2v) is 3.51. The van der Waals surface area contributed by atoms with Crippen LogP contribution in [0.25, 0.3) is 0 Å². The van der Waals surface area contributed by atoms with Crippen molar-refractivity contribution in [1.29, 1.82) is 0 Å². The minimum Gasteiger partial charge on any atom is -0.308 e. The number of hydrogen-bond acceptors (Lipinski definition) is 1. The number of urea groups is 1. The van der Waals surface area contributed by atoms with E-state index in [1.165, 1.54) is 0 Å². The van der Waals surface area contributed by atoms with Crippen molar-refractivity contribution in [2.24, 2.45) is 0 Å². The molecule has 3 heteroatoms. The maximum atomic E-state index is 11.8. The Hall–Kier alpha value is -2.47. The summed E-state index contributed by atoms with van der Waals surface area (Å²) >= 11 is 0. The summed E-state index contributed by atoms with van der Waals surface area (Å²) in [6.07, 6.45) is 16.7. The lowest BCUT2D eigenvalue weighted by molar-refractivity contribution is 0.246. The van der Waals surface area contributed by atoms with Crippen molar-refractivity contribution >= 4 is 6.03 Å². The molecule has 0 aliphatic carbocycles. The van der Waals surface area contributed by atoms with Gasteiger partial charge in [0.05, 0.1) is 0 Å². The Bertz CT molecular complexity index is 448. The van der Waals surface area contributed by atoms with Gasteiger partial charge in [0.25, 0.3) is 0 Å². The molecule has 0 unspecified atom stereocenters. The zero-order valence-electron chi connectivity index (χ0n) is 13.3. The third kappa shape index (κ3) is 12.3. The van der Waals surface area contributed by atoms with Gasteiger partial charge >= 0.3 is 6.03 Å². The number of terminal acetylenes is 1. The van der Waals surface area contributed by atoms with Crippen LogP contribution in [0.15, 0.2) is 61.0 Å². The zero-order valence-corrected chi connectivity index (χ0v) is 13.3. The lowest BCUT2D eigenvalue weighted by Gasteiger charge is -2.08. The zero-order chi connectivity index (χ0) is 16.5. The third-order valence-electron chi connectivity index (χ3n) is 2.01. The highest BCUT2D eigenvalue weighted by atomic mass is 16.2. The van der Waals surface area contributed by atoms with Crippen molar-refractivity contribution < 1.29 is 4.79 Å². The minimum absolute atomic E-state index is 0.336. The summed E-state index contributed by atoms with van der Waals surface area (Å²) in [5, 5.41) is 5.39. The fourth-order valence-corrected chi connectivity index (χ4v) is 1.20. The minimum atomic E-state index is -0.336. The number of allylic oxidation sites excluding steroid dienone is 6. The van der Waals surface area contributed by atoms with Crippen molar-refractivity contribution in [3.63, 3.8) is 0 Å². The van der Waals surface area contributed by atoms with Gasteiger partial charge in [-0.25, -0.2) is 4.79 Å². The van der Waals surface area contributed by atoms with Crippen LogP contribution >= 0.6 is 0 Å². The molecule has 0 aromatic heterocycles. The average Bonchev–Trinajstić information content (AvgIpc) is 2.51. The van der Waals surface area contributed by atoms with Crippen LogP contribution in [0.2, 0.25) is 0 Å². The molecule has 0 saturated carbocycles. The Labute approximate surface area is 129 Å². The smallest absolute Gasteiger partial charge is 0.308 e. The molecule has 0 heterocycles. The molecule has 0 fully saturated rings. The molecule has 0 spiro atoms. The summed E-state index contributed by atoms with van der Waals surface area (Å²) in [6.45, 7) is 13.2. The van der Waals surface area contributed by atoms with E-state index >= 15 is 0 Å². The number of nitrogens with one attached hydrogen (secondary N) is 2. The fraction of sp³-hybridized carbons (Fsp3) is 0.278. The second-order valence-electron chi connectivity index (χ2n) is 3.51. The Morgan fingerprint density at radius 1 is 1.19 bits per heavy atom. The molecule has 0 radical (unpaired) electrons. The van der Waals surface area contributed by atoms with Gasteiger partial charge in [-0.3, -0.25) is 0 Å². The summed E-state index contributed by atoms with van der Waals surface area (Å²) in [4.78, 5) is 11.8. The molecule has 114 valence electrons. The molecule has 0 aromatic carbocycles. The van der Waals surface area contributed by atoms with E-state index in [9.17, 15) is 4.79 Å². The van der Waals surface area contributed by atoms with Crippen molar-refractivity contribution in [3.8, 4) is 12.3 Å². The largest absolute Gasteiger partial charge is 0.323 e. The van der Waals surface area contributed by atoms with Gasteiger partial charge in [-0.05, 0) is 24.6 Å². The summed E-state index contributed by atoms with van der Waals surface area (Å²) in [5.74, 6) is 2.47.